The summed E-state index contributed by atoms with van der Waals surface area (Å²) in [6.07, 6.45) is 0.0617. The molecule has 180 valence electrons. The van der Waals surface area contributed by atoms with Gasteiger partial charge in [-0.15, -0.1) is 0 Å². The summed E-state index contributed by atoms with van der Waals surface area (Å²) in [5.41, 5.74) is 3.76. The molecular weight excluding hydrogens is 432 g/mol. The molecule has 0 bridgehead atoms. The molecule has 0 saturated carbocycles. The summed E-state index contributed by atoms with van der Waals surface area (Å²) < 4.78 is 5.62. The zero-order chi connectivity index (χ0) is 24.5. The minimum atomic E-state index is -0.875. The molecular formula is C27H32N2O5. The van der Waals surface area contributed by atoms with Crippen molar-refractivity contribution in [1.29, 1.82) is 0 Å². The minimum Gasteiger partial charge on any atom is -0.481 e. The molecule has 2 aliphatic rings. The molecule has 1 heterocycles. The number of nitrogens with one attached hydrogen (secondary N) is 1. The van der Waals surface area contributed by atoms with Gasteiger partial charge in [-0.25, -0.2) is 4.79 Å². The van der Waals surface area contributed by atoms with E-state index in [-0.39, 0.29) is 37.3 Å². The van der Waals surface area contributed by atoms with Gasteiger partial charge in [0.2, 0.25) is 5.91 Å². The van der Waals surface area contributed by atoms with Gasteiger partial charge in [-0.1, -0.05) is 55.5 Å². The van der Waals surface area contributed by atoms with Gasteiger partial charge in [-0.3, -0.25) is 9.59 Å². The molecule has 0 radical (unpaired) electrons. The number of carboxylic acids is 1. The minimum absolute atomic E-state index is 0.0364. The smallest absolute Gasteiger partial charge is 0.407 e. The van der Waals surface area contributed by atoms with Gasteiger partial charge in [0.05, 0.1) is 5.92 Å². The van der Waals surface area contributed by atoms with E-state index in [0.29, 0.717) is 13.0 Å². The van der Waals surface area contributed by atoms with Crippen LogP contribution < -0.4 is 5.32 Å². The average molecular weight is 465 g/mol. The molecule has 1 fully saturated rings. The van der Waals surface area contributed by atoms with Crippen LogP contribution in [0.15, 0.2) is 48.5 Å². The van der Waals surface area contributed by atoms with E-state index in [1.165, 1.54) is 0 Å². The van der Waals surface area contributed by atoms with Crippen LogP contribution in [0.3, 0.4) is 0 Å². The Kier molecular flexibility index (Phi) is 6.64. The molecule has 1 aliphatic carbocycles. The Morgan fingerprint density at radius 3 is 2.21 bits per heavy atom. The Bertz CT molecular complexity index is 1050. The first kappa shape index (κ1) is 23.8. The van der Waals surface area contributed by atoms with Crippen LogP contribution in [0.1, 0.15) is 50.7 Å². The number of piperidine rings is 1. The maximum absolute atomic E-state index is 12.9. The summed E-state index contributed by atoms with van der Waals surface area (Å²) >= 11 is 0. The predicted molar refractivity (Wildman–Crippen MR) is 128 cm³/mol. The quantitative estimate of drug-likeness (QED) is 0.666. The van der Waals surface area contributed by atoms with Crippen LogP contribution in [0.25, 0.3) is 11.1 Å². The van der Waals surface area contributed by atoms with Crippen LogP contribution in [0, 0.1) is 11.8 Å². The summed E-state index contributed by atoms with van der Waals surface area (Å²) in [4.78, 5) is 38.6. The van der Waals surface area contributed by atoms with E-state index in [1.807, 2.05) is 31.2 Å². The number of carbonyl (C=O) groups is 3. The van der Waals surface area contributed by atoms with Crippen molar-refractivity contribution in [2.75, 3.05) is 19.7 Å². The second-order valence-corrected chi connectivity index (χ2v) is 10.2. The van der Waals surface area contributed by atoms with E-state index in [0.717, 1.165) is 22.3 Å². The third-order valence-electron chi connectivity index (χ3n) is 6.74. The lowest BCUT2D eigenvalue weighted by atomic mass is 9.89. The number of alkyl carbamates (subject to hydrolysis) is 1. The Morgan fingerprint density at radius 1 is 1.03 bits per heavy atom. The van der Waals surface area contributed by atoms with Gasteiger partial charge in [0, 0.05) is 31.0 Å². The monoisotopic (exact) mass is 464 g/mol. The number of nitrogens with zero attached hydrogens (tertiary/aromatic N) is 1. The van der Waals surface area contributed by atoms with Gasteiger partial charge in [-0.05, 0) is 48.4 Å². The van der Waals surface area contributed by atoms with Gasteiger partial charge in [0.25, 0.3) is 0 Å². The zero-order valence-electron chi connectivity index (χ0n) is 19.9. The van der Waals surface area contributed by atoms with Crippen molar-refractivity contribution >= 4 is 18.0 Å². The van der Waals surface area contributed by atoms with Crippen LogP contribution >= 0.6 is 0 Å². The molecule has 2 unspecified atom stereocenters. The summed E-state index contributed by atoms with van der Waals surface area (Å²) in [7, 11) is 0. The molecule has 0 spiro atoms. The number of aliphatic carboxylic acids is 1. The van der Waals surface area contributed by atoms with Crippen molar-refractivity contribution < 1.29 is 24.2 Å². The number of hydrogen-bond donors (Lipinski definition) is 2. The Balaban J connectivity index is 1.35. The van der Waals surface area contributed by atoms with Crippen LogP contribution in [0.5, 0.6) is 0 Å². The molecule has 2 N–H and O–H groups in total. The average Bonchev–Trinajstić information content (AvgIpc) is 3.10. The molecule has 2 aromatic rings. The van der Waals surface area contributed by atoms with E-state index in [9.17, 15) is 19.5 Å². The number of ether oxygens (including phenoxy) is 1. The first-order valence-corrected chi connectivity index (χ1v) is 11.8. The Hall–Kier alpha value is -3.35. The molecule has 2 atom stereocenters. The first-order chi connectivity index (χ1) is 16.1. The van der Waals surface area contributed by atoms with Crippen molar-refractivity contribution in [3.63, 3.8) is 0 Å². The molecule has 7 nitrogen and oxygen atoms in total. The van der Waals surface area contributed by atoms with Crippen molar-refractivity contribution in [2.24, 2.45) is 11.8 Å². The highest BCUT2D eigenvalue weighted by molar-refractivity contribution is 5.81. The van der Waals surface area contributed by atoms with Gasteiger partial charge in [0.15, 0.2) is 0 Å². The first-order valence-electron chi connectivity index (χ1n) is 11.8. The highest BCUT2D eigenvalue weighted by atomic mass is 16.5. The van der Waals surface area contributed by atoms with Crippen LogP contribution in [-0.4, -0.2) is 53.2 Å². The second-order valence-electron chi connectivity index (χ2n) is 10.2. The molecule has 34 heavy (non-hydrogen) atoms. The van der Waals surface area contributed by atoms with E-state index in [4.69, 9.17) is 4.74 Å². The summed E-state index contributed by atoms with van der Waals surface area (Å²) in [6, 6.07) is 16.3. The highest BCUT2D eigenvalue weighted by Gasteiger charge is 2.35. The maximum Gasteiger partial charge on any atom is 0.407 e. The molecule has 0 aromatic heterocycles. The highest BCUT2D eigenvalue weighted by Crippen LogP contribution is 2.44. The molecule has 2 aromatic carbocycles. The number of benzene rings is 2. The van der Waals surface area contributed by atoms with Crippen molar-refractivity contribution in [2.45, 2.75) is 45.1 Å². The predicted octanol–water partition coefficient (Wildman–Crippen LogP) is 4.26. The maximum atomic E-state index is 12.9. The van der Waals surface area contributed by atoms with E-state index in [1.54, 1.807) is 18.7 Å². The lowest BCUT2D eigenvalue weighted by molar-refractivity contribution is -0.147. The SMILES string of the molecule is CC1CC(C(=O)O)CN(C(=O)CC(C)(C)NC(=O)OCC2c3ccccc3-c3ccccc32)C1. The number of carbonyl (C=O) groups excluding carboxylic acids is 2. The number of carboxylic acid groups (broad SMARTS) is 1. The second kappa shape index (κ2) is 9.49. The van der Waals surface area contributed by atoms with Crippen LogP contribution in [0.4, 0.5) is 4.79 Å². The summed E-state index contributed by atoms with van der Waals surface area (Å²) in [6.45, 7) is 6.44. The number of fused-ring (bicyclic) bond motifs is 3. The van der Waals surface area contributed by atoms with Crippen LogP contribution in [-0.2, 0) is 14.3 Å². The zero-order valence-corrected chi connectivity index (χ0v) is 19.9. The fourth-order valence-electron chi connectivity index (χ4n) is 5.18. The Labute approximate surface area is 200 Å². The fraction of sp³-hybridized carbons (Fsp3) is 0.444. The van der Waals surface area contributed by atoms with E-state index in [2.05, 4.69) is 29.6 Å². The topological polar surface area (TPSA) is 95.9 Å². The molecule has 2 amide bonds. The third kappa shape index (κ3) is 5.08. The summed E-state index contributed by atoms with van der Waals surface area (Å²) in [5.74, 6) is -1.50. The third-order valence-corrected chi connectivity index (χ3v) is 6.74. The van der Waals surface area contributed by atoms with E-state index < -0.39 is 23.5 Å². The summed E-state index contributed by atoms with van der Waals surface area (Å²) in [5, 5.41) is 12.2. The molecule has 4 rings (SSSR count). The number of rotatable bonds is 6. The standard InChI is InChI=1S/C27H32N2O5/c1-17-12-18(25(31)32)15-29(14-17)24(30)13-27(2,3)28-26(33)34-16-23-21-10-6-4-8-19(21)20-9-5-7-11-22(20)23/h4-11,17-18,23H,12-16H2,1-3H3,(H,28,33)(H,31,32). The number of likely N-dealkylation sites (tertiary alicyclic amines) is 1. The van der Waals surface area contributed by atoms with Crippen molar-refractivity contribution in [3.8, 4) is 11.1 Å². The van der Waals surface area contributed by atoms with E-state index >= 15 is 0 Å². The van der Waals surface area contributed by atoms with Crippen LogP contribution in [0.2, 0.25) is 0 Å². The molecule has 1 saturated heterocycles. The fourth-order valence-corrected chi connectivity index (χ4v) is 5.18. The lowest BCUT2D eigenvalue weighted by Gasteiger charge is -2.36. The van der Waals surface area contributed by atoms with Crippen molar-refractivity contribution in [3.05, 3.63) is 59.7 Å². The van der Waals surface area contributed by atoms with Gasteiger partial charge in [0.1, 0.15) is 6.61 Å². The van der Waals surface area contributed by atoms with Crippen molar-refractivity contribution in [1.82, 2.24) is 10.2 Å². The number of hydrogen-bond acceptors (Lipinski definition) is 4. The van der Waals surface area contributed by atoms with Gasteiger partial charge in [-0.2, -0.15) is 0 Å². The lowest BCUT2D eigenvalue weighted by Crippen LogP contribution is -2.51. The molecule has 1 aliphatic heterocycles. The Morgan fingerprint density at radius 2 is 1.62 bits per heavy atom. The largest absolute Gasteiger partial charge is 0.481 e. The molecule has 7 heteroatoms. The normalized spacial score (nSPS) is 19.8. The number of amides is 2. The van der Waals surface area contributed by atoms with Gasteiger partial charge >= 0.3 is 12.1 Å². The van der Waals surface area contributed by atoms with Gasteiger partial charge < -0.3 is 20.1 Å².